The Balaban J connectivity index is 0.000000143. The van der Waals surface area contributed by atoms with E-state index < -0.39 is 0 Å². The molecule has 0 fully saturated rings. The minimum Gasteiger partial charge on any atom is -0.497 e. The van der Waals surface area contributed by atoms with Crippen molar-refractivity contribution in [2.24, 2.45) is 0 Å². The molecule has 0 spiro atoms. The highest BCUT2D eigenvalue weighted by atomic mass is 16.5. The van der Waals surface area contributed by atoms with Crippen LogP contribution < -0.4 is 15.1 Å². The molecule has 4 heteroatoms. The monoisotopic (exact) mass is 802 g/mol. The Bertz CT molecular complexity index is 2760. The molecule has 4 nitrogen and oxygen atoms in total. The van der Waals surface area contributed by atoms with Gasteiger partial charge in [-0.2, -0.15) is 0 Å². The van der Waals surface area contributed by atoms with Crippen LogP contribution in [-0.2, 0) is 25.7 Å². The van der Waals surface area contributed by atoms with Crippen LogP contribution in [0.15, 0.2) is 167 Å². The van der Waals surface area contributed by atoms with Crippen LogP contribution in [0.3, 0.4) is 0 Å². The predicted molar refractivity (Wildman–Crippen MR) is 253 cm³/mol. The van der Waals surface area contributed by atoms with E-state index in [4.69, 9.17) is 13.9 Å². The molecule has 0 amide bonds. The Labute approximate surface area is 360 Å². The van der Waals surface area contributed by atoms with E-state index in [1.807, 2.05) is 54.6 Å². The van der Waals surface area contributed by atoms with Crippen molar-refractivity contribution in [2.75, 3.05) is 14.2 Å². The lowest BCUT2D eigenvalue weighted by molar-refractivity contribution is 0.414. The molecule has 1 aromatic heterocycles. The van der Waals surface area contributed by atoms with Gasteiger partial charge in [0.2, 0.25) is 0 Å². The van der Waals surface area contributed by atoms with Gasteiger partial charge in [-0.1, -0.05) is 121 Å². The maximum atomic E-state index is 12.8. The summed E-state index contributed by atoms with van der Waals surface area (Å²) in [6.07, 6.45) is 8.95. The molecule has 7 aromatic carbocycles. The van der Waals surface area contributed by atoms with E-state index in [0.717, 1.165) is 72.3 Å². The van der Waals surface area contributed by atoms with Gasteiger partial charge in [-0.3, -0.25) is 0 Å². The summed E-state index contributed by atoms with van der Waals surface area (Å²) in [5, 5.41) is 2.72. The maximum absolute atomic E-state index is 12.8. The third kappa shape index (κ3) is 8.95. The number of rotatable bonds is 6. The molecule has 2 aliphatic carbocycles. The summed E-state index contributed by atoms with van der Waals surface area (Å²) >= 11 is 0. The molecule has 0 atom stereocenters. The molecule has 0 bridgehead atoms. The van der Waals surface area contributed by atoms with Gasteiger partial charge in [0.1, 0.15) is 17.3 Å². The molecule has 0 N–H and O–H groups in total. The van der Waals surface area contributed by atoms with Crippen molar-refractivity contribution in [1.82, 2.24) is 0 Å². The van der Waals surface area contributed by atoms with Crippen molar-refractivity contribution in [3.8, 4) is 56.2 Å². The molecule has 10 rings (SSSR count). The summed E-state index contributed by atoms with van der Waals surface area (Å²) in [6, 6.07) is 54.3. The molecule has 0 unspecified atom stereocenters. The average molecular weight is 803 g/mol. The van der Waals surface area contributed by atoms with Gasteiger partial charge in [0.05, 0.1) is 19.8 Å². The first-order chi connectivity index (χ1) is 29.9. The van der Waals surface area contributed by atoms with E-state index in [9.17, 15) is 4.79 Å². The Morgan fingerprint density at radius 2 is 0.754 bits per heavy atom. The summed E-state index contributed by atoms with van der Waals surface area (Å²) in [6.45, 7) is 4.24. The number of ether oxygens (including phenoxy) is 2. The lowest BCUT2D eigenvalue weighted by Gasteiger charge is -2.26. The third-order valence-corrected chi connectivity index (χ3v) is 12.3. The minimum atomic E-state index is -0.252. The number of hydrogen-bond donors (Lipinski definition) is 0. The van der Waals surface area contributed by atoms with Crippen LogP contribution in [0, 0.1) is 13.8 Å². The van der Waals surface area contributed by atoms with Gasteiger partial charge in [-0.15, -0.1) is 0 Å². The summed E-state index contributed by atoms with van der Waals surface area (Å²) in [5.74, 6) is 2.41. The number of aryl methyl sites for hydroxylation is 2. The molecule has 0 saturated heterocycles. The first kappa shape index (κ1) is 41.1. The highest BCUT2D eigenvalue weighted by Gasteiger charge is 2.25. The van der Waals surface area contributed by atoms with Crippen LogP contribution in [0.1, 0.15) is 59.1 Å². The van der Waals surface area contributed by atoms with E-state index in [1.165, 1.54) is 68.1 Å². The molecule has 1 heterocycles. The second-order valence-corrected chi connectivity index (χ2v) is 16.0. The molecule has 0 radical (unpaired) electrons. The minimum absolute atomic E-state index is 0.252. The SMILES string of the molecule is COc1ccc(-c2c3c(c(-c4ccccc4)c4ccccc24)CCCC3)cc1.COc1ccc(-c2oc(=O)c(-c3ccccc3)c3c2CCCC3)cc1.Cc1ccccc1C. The van der Waals surface area contributed by atoms with Crippen molar-refractivity contribution in [3.63, 3.8) is 0 Å². The first-order valence-corrected chi connectivity index (χ1v) is 21.6. The largest absolute Gasteiger partial charge is 0.497 e. The lowest BCUT2D eigenvalue weighted by atomic mass is 9.78. The molecule has 2 aliphatic rings. The Morgan fingerprint density at radius 3 is 1.20 bits per heavy atom. The van der Waals surface area contributed by atoms with Crippen LogP contribution in [0.4, 0.5) is 0 Å². The van der Waals surface area contributed by atoms with Gasteiger partial charge < -0.3 is 13.9 Å². The Kier molecular flexibility index (Phi) is 12.9. The van der Waals surface area contributed by atoms with Crippen molar-refractivity contribution < 1.29 is 13.9 Å². The molecule has 0 aliphatic heterocycles. The standard InChI is InChI=1S/C27H24O.C22H20O3.C8H10/c1-28-21-17-15-20(16-18-21)27-24-13-7-5-11-22(24)26(19-9-3-2-4-10-19)23-12-6-8-14-25(23)27;1-24-17-13-11-16(12-14-17)21-19-10-6-5-9-18(19)20(22(23)25-21)15-7-3-2-4-8-15;1-7-5-3-4-6-8(7)2/h2-5,7,9-11,13,15-18H,6,8,12,14H2,1H3;2-4,7-8,11-14H,5-6,9-10H2,1H3;3-6H,1-2H3. The summed E-state index contributed by atoms with van der Waals surface area (Å²) < 4.78 is 16.4. The second kappa shape index (κ2) is 19.2. The molecular weight excluding hydrogens is 749 g/mol. The Morgan fingerprint density at radius 1 is 0.393 bits per heavy atom. The fraction of sp³-hybridized carbons (Fsp3) is 0.211. The number of methoxy groups -OCH3 is 2. The molecule has 0 saturated carbocycles. The van der Waals surface area contributed by atoms with Crippen LogP contribution >= 0.6 is 0 Å². The van der Waals surface area contributed by atoms with Crippen LogP contribution in [0.25, 0.3) is 55.5 Å². The molecule has 8 aromatic rings. The average Bonchev–Trinajstić information content (AvgIpc) is 3.32. The Hall–Kier alpha value is -6.65. The zero-order valence-electron chi connectivity index (χ0n) is 35.8. The fourth-order valence-electron chi connectivity index (χ4n) is 9.02. The summed E-state index contributed by atoms with van der Waals surface area (Å²) in [7, 11) is 3.37. The topological polar surface area (TPSA) is 48.7 Å². The van der Waals surface area contributed by atoms with Gasteiger partial charge in [0.25, 0.3) is 0 Å². The van der Waals surface area contributed by atoms with E-state index in [0.29, 0.717) is 5.76 Å². The van der Waals surface area contributed by atoms with Gasteiger partial charge in [0, 0.05) is 5.56 Å². The van der Waals surface area contributed by atoms with Gasteiger partial charge in [-0.25, -0.2) is 4.79 Å². The summed E-state index contributed by atoms with van der Waals surface area (Å²) in [5.41, 5.74) is 15.9. The zero-order valence-corrected chi connectivity index (χ0v) is 35.8. The van der Waals surface area contributed by atoms with Gasteiger partial charge in [-0.05, 0) is 174 Å². The normalized spacial score (nSPS) is 12.8. The van der Waals surface area contributed by atoms with Crippen molar-refractivity contribution >= 4 is 10.8 Å². The highest BCUT2D eigenvalue weighted by molar-refractivity contribution is 6.08. The van der Waals surface area contributed by atoms with Crippen LogP contribution in [-0.4, -0.2) is 14.2 Å². The fourth-order valence-corrected chi connectivity index (χ4v) is 9.02. The van der Waals surface area contributed by atoms with Crippen molar-refractivity contribution in [1.29, 1.82) is 0 Å². The smallest absolute Gasteiger partial charge is 0.344 e. The van der Waals surface area contributed by atoms with E-state index in [-0.39, 0.29) is 5.63 Å². The zero-order chi connectivity index (χ0) is 42.1. The van der Waals surface area contributed by atoms with Crippen LogP contribution in [0.2, 0.25) is 0 Å². The van der Waals surface area contributed by atoms with Crippen molar-refractivity contribution in [2.45, 2.75) is 65.2 Å². The third-order valence-electron chi connectivity index (χ3n) is 12.3. The number of fused-ring (bicyclic) bond motifs is 3. The van der Waals surface area contributed by atoms with Crippen molar-refractivity contribution in [3.05, 3.63) is 202 Å². The lowest BCUT2D eigenvalue weighted by Crippen LogP contribution is -2.15. The second-order valence-electron chi connectivity index (χ2n) is 16.0. The summed E-state index contributed by atoms with van der Waals surface area (Å²) in [4.78, 5) is 12.8. The quantitative estimate of drug-likeness (QED) is 0.168. The molecule has 306 valence electrons. The first-order valence-electron chi connectivity index (χ1n) is 21.6. The highest BCUT2D eigenvalue weighted by Crippen LogP contribution is 2.45. The van der Waals surface area contributed by atoms with E-state index in [2.05, 4.69) is 117 Å². The maximum Gasteiger partial charge on any atom is 0.344 e. The van der Waals surface area contributed by atoms with Gasteiger partial charge in [0.15, 0.2) is 0 Å². The van der Waals surface area contributed by atoms with Crippen LogP contribution in [0.5, 0.6) is 11.5 Å². The number of benzene rings is 7. The number of hydrogen-bond acceptors (Lipinski definition) is 4. The molecular formula is C57H54O4. The van der Waals surface area contributed by atoms with Gasteiger partial charge >= 0.3 is 5.63 Å². The van der Waals surface area contributed by atoms with E-state index in [1.54, 1.807) is 19.8 Å². The predicted octanol–water partition coefficient (Wildman–Crippen LogP) is 14.2. The van der Waals surface area contributed by atoms with E-state index >= 15 is 0 Å². The molecule has 61 heavy (non-hydrogen) atoms.